The summed E-state index contributed by atoms with van der Waals surface area (Å²) in [5.74, 6) is -0.699. The molecule has 0 fully saturated rings. The summed E-state index contributed by atoms with van der Waals surface area (Å²) in [5.41, 5.74) is 0. The molecule has 4 nitrogen and oxygen atoms in total. The molecular weight excluding hydrogens is 580 g/mol. The van der Waals surface area contributed by atoms with Crippen LogP contribution in [-0.4, -0.2) is 23.1 Å². The number of unbranched alkanes of at least 4 members (excludes halogenated alkanes) is 25. The lowest BCUT2D eigenvalue weighted by atomic mass is 10.0. The Bertz CT molecular complexity index is 713. The number of hydrogen-bond acceptors (Lipinski definition) is 3. The number of carboxylic acid groups (broad SMARTS) is 1. The Morgan fingerprint density at radius 2 is 0.830 bits per heavy atom. The van der Waals surface area contributed by atoms with E-state index in [1.165, 1.54) is 135 Å². The standard InChI is InChI=1S/C43H80O4/c1-3-5-7-9-11-13-15-16-17-18-19-20-21-22-23-25-27-32-36-40-43(46)47-41(38-34-30-28-31-35-39-42(44)45)37-33-29-26-24-14-12-10-8-6-4-2/h11,13,16-17,41H,3-10,12,14-15,18-40H2,1-2H3,(H,44,45)/b13-11-,17-16-. The molecule has 1 N–H and O–H groups in total. The smallest absolute Gasteiger partial charge is 0.306 e. The van der Waals surface area contributed by atoms with Crippen molar-refractivity contribution in [3.05, 3.63) is 24.3 Å². The largest absolute Gasteiger partial charge is 0.481 e. The Kier molecular flexibility index (Phi) is 37.6. The summed E-state index contributed by atoms with van der Waals surface area (Å²) in [5, 5.41) is 8.82. The Labute approximate surface area is 293 Å². The number of aliphatic carboxylic acids is 1. The SMILES string of the molecule is CCCCC/C=C\C/C=C\CCCCCCCCCCCC(=O)OC(CCCCCCCCCCCC)CCCCCCCC(=O)O. The molecule has 0 spiro atoms. The molecule has 0 rings (SSSR count). The maximum absolute atomic E-state index is 12.7. The van der Waals surface area contributed by atoms with E-state index in [1.54, 1.807) is 0 Å². The lowest BCUT2D eigenvalue weighted by Crippen LogP contribution is -2.18. The number of allylic oxidation sites excluding steroid dienone is 4. The van der Waals surface area contributed by atoms with Crippen LogP contribution in [0.2, 0.25) is 0 Å². The molecule has 0 aromatic carbocycles. The first-order chi connectivity index (χ1) is 23.1. The Hall–Kier alpha value is -1.58. The Morgan fingerprint density at radius 1 is 0.468 bits per heavy atom. The molecule has 0 aliphatic heterocycles. The first kappa shape index (κ1) is 45.4. The molecule has 276 valence electrons. The van der Waals surface area contributed by atoms with Crippen LogP contribution in [0.15, 0.2) is 24.3 Å². The second-order valence-electron chi connectivity index (χ2n) is 14.2. The number of ether oxygens (including phenoxy) is 1. The van der Waals surface area contributed by atoms with E-state index in [-0.39, 0.29) is 18.5 Å². The van der Waals surface area contributed by atoms with E-state index >= 15 is 0 Å². The molecule has 0 aromatic rings. The van der Waals surface area contributed by atoms with Crippen molar-refractivity contribution in [1.82, 2.24) is 0 Å². The molecule has 0 saturated carbocycles. The predicted molar refractivity (Wildman–Crippen MR) is 204 cm³/mol. The summed E-state index contributed by atoms with van der Waals surface area (Å²) in [7, 11) is 0. The lowest BCUT2D eigenvalue weighted by molar-refractivity contribution is -0.150. The molecule has 1 atom stereocenters. The Balaban J connectivity index is 3.93. The van der Waals surface area contributed by atoms with Crippen LogP contribution in [0.4, 0.5) is 0 Å². The number of hydrogen-bond donors (Lipinski definition) is 1. The molecule has 0 aliphatic carbocycles. The van der Waals surface area contributed by atoms with Crippen LogP contribution < -0.4 is 0 Å². The van der Waals surface area contributed by atoms with Gasteiger partial charge in [-0.2, -0.15) is 0 Å². The molecule has 0 radical (unpaired) electrons. The first-order valence-electron chi connectivity index (χ1n) is 20.8. The van der Waals surface area contributed by atoms with Crippen molar-refractivity contribution < 1.29 is 19.4 Å². The monoisotopic (exact) mass is 661 g/mol. The van der Waals surface area contributed by atoms with Gasteiger partial charge in [-0.15, -0.1) is 0 Å². The molecule has 0 bridgehead atoms. The van der Waals surface area contributed by atoms with Crippen molar-refractivity contribution in [2.45, 2.75) is 238 Å². The van der Waals surface area contributed by atoms with E-state index in [9.17, 15) is 9.59 Å². The normalized spacial score (nSPS) is 12.4. The van der Waals surface area contributed by atoms with Crippen LogP contribution in [0.25, 0.3) is 0 Å². The zero-order chi connectivity index (χ0) is 34.3. The first-order valence-corrected chi connectivity index (χ1v) is 20.8. The summed E-state index contributed by atoms with van der Waals surface area (Å²) < 4.78 is 6.00. The van der Waals surface area contributed by atoms with Crippen LogP contribution in [0, 0.1) is 0 Å². The number of esters is 1. The molecular formula is C43H80O4. The number of rotatable bonds is 38. The fourth-order valence-electron chi connectivity index (χ4n) is 6.33. The maximum atomic E-state index is 12.7. The summed E-state index contributed by atoms with van der Waals surface area (Å²) in [6, 6.07) is 0. The summed E-state index contributed by atoms with van der Waals surface area (Å²) in [4.78, 5) is 23.4. The van der Waals surface area contributed by atoms with Gasteiger partial charge in [0.15, 0.2) is 0 Å². The fourth-order valence-corrected chi connectivity index (χ4v) is 6.33. The van der Waals surface area contributed by atoms with E-state index in [0.29, 0.717) is 6.42 Å². The van der Waals surface area contributed by atoms with Crippen molar-refractivity contribution in [1.29, 1.82) is 0 Å². The van der Waals surface area contributed by atoms with E-state index in [1.807, 2.05) is 0 Å². The van der Waals surface area contributed by atoms with E-state index < -0.39 is 5.97 Å². The number of carbonyl (C=O) groups excluding carboxylic acids is 1. The van der Waals surface area contributed by atoms with E-state index in [4.69, 9.17) is 9.84 Å². The molecule has 0 aliphatic rings. The van der Waals surface area contributed by atoms with Gasteiger partial charge < -0.3 is 9.84 Å². The minimum Gasteiger partial charge on any atom is -0.481 e. The topological polar surface area (TPSA) is 63.6 Å². The third-order valence-corrected chi connectivity index (χ3v) is 9.43. The number of carbonyl (C=O) groups is 2. The van der Waals surface area contributed by atoms with Gasteiger partial charge in [-0.1, -0.05) is 173 Å². The van der Waals surface area contributed by atoms with Crippen LogP contribution in [0.3, 0.4) is 0 Å². The second kappa shape index (κ2) is 38.9. The van der Waals surface area contributed by atoms with Crippen molar-refractivity contribution in [3.8, 4) is 0 Å². The molecule has 0 amide bonds. The highest BCUT2D eigenvalue weighted by molar-refractivity contribution is 5.69. The predicted octanol–water partition coefficient (Wildman–Crippen LogP) is 14.4. The minimum atomic E-state index is -0.699. The summed E-state index contributed by atoms with van der Waals surface area (Å²) >= 11 is 0. The van der Waals surface area contributed by atoms with Gasteiger partial charge in [0.2, 0.25) is 0 Å². The van der Waals surface area contributed by atoms with Crippen molar-refractivity contribution in [3.63, 3.8) is 0 Å². The molecule has 0 aromatic heterocycles. The van der Waals surface area contributed by atoms with Crippen molar-refractivity contribution >= 4 is 11.9 Å². The minimum absolute atomic E-state index is 0.000540. The lowest BCUT2D eigenvalue weighted by Gasteiger charge is -2.18. The maximum Gasteiger partial charge on any atom is 0.306 e. The zero-order valence-electron chi connectivity index (χ0n) is 31.6. The van der Waals surface area contributed by atoms with E-state index in [2.05, 4.69) is 38.2 Å². The second-order valence-corrected chi connectivity index (χ2v) is 14.2. The summed E-state index contributed by atoms with van der Waals surface area (Å²) in [6.07, 6.45) is 49.1. The van der Waals surface area contributed by atoms with Gasteiger partial charge in [0.1, 0.15) is 6.10 Å². The van der Waals surface area contributed by atoms with E-state index in [0.717, 1.165) is 70.6 Å². The average molecular weight is 661 g/mol. The highest BCUT2D eigenvalue weighted by Crippen LogP contribution is 2.19. The van der Waals surface area contributed by atoms with Gasteiger partial charge in [0.05, 0.1) is 0 Å². The highest BCUT2D eigenvalue weighted by Gasteiger charge is 2.14. The van der Waals surface area contributed by atoms with Gasteiger partial charge in [-0.3, -0.25) is 9.59 Å². The van der Waals surface area contributed by atoms with Gasteiger partial charge >= 0.3 is 11.9 Å². The van der Waals surface area contributed by atoms with Gasteiger partial charge in [0, 0.05) is 12.8 Å². The van der Waals surface area contributed by atoms with Gasteiger partial charge in [-0.05, 0) is 70.6 Å². The van der Waals surface area contributed by atoms with Gasteiger partial charge in [-0.25, -0.2) is 0 Å². The molecule has 4 heteroatoms. The third kappa shape index (κ3) is 38.7. The highest BCUT2D eigenvalue weighted by atomic mass is 16.5. The Morgan fingerprint density at radius 3 is 1.30 bits per heavy atom. The zero-order valence-corrected chi connectivity index (χ0v) is 31.6. The molecule has 1 unspecified atom stereocenters. The quantitative estimate of drug-likeness (QED) is 0.0407. The van der Waals surface area contributed by atoms with Crippen molar-refractivity contribution in [2.75, 3.05) is 0 Å². The van der Waals surface area contributed by atoms with Crippen LogP contribution in [0.5, 0.6) is 0 Å². The molecule has 47 heavy (non-hydrogen) atoms. The van der Waals surface area contributed by atoms with Crippen LogP contribution in [0.1, 0.15) is 232 Å². The fraction of sp³-hybridized carbons (Fsp3) is 0.860. The molecule has 0 saturated heterocycles. The third-order valence-electron chi connectivity index (χ3n) is 9.43. The molecule has 0 heterocycles. The average Bonchev–Trinajstić information content (AvgIpc) is 3.05. The van der Waals surface area contributed by atoms with Gasteiger partial charge in [0.25, 0.3) is 0 Å². The van der Waals surface area contributed by atoms with Crippen LogP contribution in [-0.2, 0) is 14.3 Å². The van der Waals surface area contributed by atoms with Crippen LogP contribution >= 0.6 is 0 Å². The summed E-state index contributed by atoms with van der Waals surface area (Å²) in [6.45, 7) is 4.53. The van der Waals surface area contributed by atoms with Crippen molar-refractivity contribution in [2.24, 2.45) is 0 Å². The number of carboxylic acids is 1.